The molecule has 0 aromatic heterocycles. The fourth-order valence-electron chi connectivity index (χ4n) is 1.68. The second-order valence-electron chi connectivity index (χ2n) is 3.67. The van der Waals surface area contributed by atoms with Crippen LogP contribution in [0.5, 0.6) is 0 Å². The van der Waals surface area contributed by atoms with E-state index in [1.165, 1.54) is 0 Å². The van der Waals surface area contributed by atoms with Gasteiger partial charge in [0.05, 0.1) is 13.2 Å². The lowest BCUT2D eigenvalue weighted by Crippen LogP contribution is -2.48. The first-order valence-corrected chi connectivity index (χ1v) is 7.29. The maximum Gasteiger partial charge on any atom is 0.0589 e. The zero-order valence-corrected chi connectivity index (χ0v) is 13.4. The van der Waals surface area contributed by atoms with Gasteiger partial charge in [-0.25, -0.2) is 0 Å². The molecule has 0 unspecified atom stereocenters. The van der Waals surface area contributed by atoms with Crippen LogP contribution in [0.4, 0.5) is 0 Å². The fraction of sp³-hybridized carbons (Fsp3) is 1.00. The predicted octanol–water partition coefficient (Wildman–Crippen LogP) is 1.95. The summed E-state index contributed by atoms with van der Waals surface area (Å²) < 4.78 is 10.1. The quantitative estimate of drug-likeness (QED) is 0.730. The van der Waals surface area contributed by atoms with Crippen LogP contribution >= 0.6 is 0 Å². The standard InChI is InChI=1S/C10H22N2O2.2C2H6/c1-13-9-7-11-3-5-12(6-4-11)8-10-14-2;2*1-2/h3-10H2,1-2H3;2*1-2H3. The first-order valence-electron chi connectivity index (χ1n) is 7.29. The summed E-state index contributed by atoms with van der Waals surface area (Å²) in [5, 5.41) is 0. The highest BCUT2D eigenvalue weighted by Gasteiger charge is 2.15. The molecule has 4 heteroatoms. The number of hydrogen-bond acceptors (Lipinski definition) is 4. The Balaban J connectivity index is 0. The third kappa shape index (κ3) is 11.0. The van der Waals surface area contributed by atoms with Gasteiger partial charge in [0.25, 0.3) is 0 Å². The van der Waals surface area contributed by atoms with E-state index >= 15 is 0 Å². The highest BCUT2D eigenvalue weighted by atomic mass is 16.5. The second kappa shape index (κ2) is 16.8. The van der Waals surface area contributed by atoms with Crippen LogP contribution in [0, 0.1) is 0 Å². The summed E-state index contributed by atoms with van der Waals surface area (Å²) in [5.74, 6) is 0. The minimum Gasteiger partial charge on any atom is -0.383 e. The lowest BCUT2D eigenvalue weighted by atomic mass is 10.3. The molecule has 0 aromatic carbocycles. The highest BCUT2D eigenvalue weighted by Crippen LogP contribution is 2.00. The summed E-state index contributed by atoms with van der Waals surface area (Å²) in [4.78, 5) is 4.90. The summed E-state index contributed by atoms with van der Waals surface area (Å²) in [7, 11) is 3.52. The van der Waals surface area contributed by atoms with Crippen molar-refractivity contribution in [3.05, 3.63) is 0 Å². The molecular weight excluding hydrogens is 228 g/mol. The normalized spacial score (nSPS) is 16.3. The van der Waals surface area contributed by atoms with Gasteiger partial charge in [-0.2, -0.15) is 0 Å². The first kappa shape index (κ1) is 20.2. The molecule has 1 rings (SSSR count). The Morgan fingerprint density at radius 1 is 0.667 bits per heavy atom. The number of ether oxygens (including phenoxy) is 2. The molecular formula is C14H34N2O2. The highest BCUT2D eigenvalue weighted by molar-refractivity contribution is 4.71. The number of methoxy groups -OCH3 is 2. The Morgan fingerprint density at radius 2 is 0.944 bits per heavy atom. The van der Waals surface area contributed by atoms with Crippen molar-refractivity contribution in [1.29, 1.82) is 0 Å². The van der Waals surface area contributed by atoms with Gasteiger partial charge < -0.3 is 9.47 Å². The molecule has 0 aliphatic carbocycles. The summed E-state index contributed by atoms with van der Waals surface area (Å²) in [6.07, 6.45) is 0. The van der Waals surface area contributed by atoms with E-state index in [0.29, 0.717) is 0 Å². The molecule has 1 heterocycles. The Hall–Kier alpha value is -0.160. The Kier molecular flexibility index (Phi) is 18.9. The van der Waals surface area contributed by atoms with Gasteiger partial charge in [0, 0.05) is 53.5 Å². The van der Waals surface area contributed by atoms with Gasteiger partial charge in [-0.3, -0.25) is 9.80 Å². The molecule has 1 aliphatic heterocycles. The summed E-state index contributed by atoms with van der Waals surface area (Å²) in [5.41, 5.74) is 0. The van der Waals surface area contributed by atoms with Crippen LogP contribution in [0.2, 0.25) is 0 Å². The molecule has 4 nitrogen and oxygen atoms in total. The SMILES string of the molecule is CC.CC.COCCN1CCN(CCOC)CC1. The van der Waals surface area contributed by atoms with Crippen LogP contribution in [0.3, 0.4) is 0 Å². The van der Waals surface area contributed by atoms with Gasteiger partial charge in [-0.15, -0.1) is 0 Å². The number of piperazine rings is 1. The number of rotatable bonds is 6. The third-order valence-electron chi connectivity index (χ3n) is 2.69. The van der Waals surface area contributed by atoms with Crippen LogP contribution < -0.4 is 0 Å². The molecule has 0 bridgehead atoms. The smallest absolute Gasteiger partial charge is 0.0589 e. The molecule has 112 valence electrons. The number of nitrogens with zero attached hydrogens (tertiary/aromatic N) is 2. The summed E-state index contributed by atoms with van der Waals surface area (Å²) in [6, 6.07) is 0. The van der Waals surface area contributed by atoms with Gasteiger partial charge in [-0.1, -0.05) is 27.7 Å². The number of hydrogen-bond donors (Lipinski definition) is 0. The molecule has 0 spiro atoms. The minimum atomic E-state index is 0.845. The molecule has 1 fully saturated rings. The third-order valence-corrected chi connectivity index (χ3v) is 2.69. The molecule has 0 N–H and O–H groups in total. The van der Waals surface area contributed by atoms with E-state index in [1.807, 2.05) is 27.7 Å². The predicted molar refractivity (Wildman–Crippen MR) is 79.3 cm³/mol. The topological polar surface area (TPSA) is 24.9 Å². The van der Waals surface area contributed by atoms with Crippen molar-refractivity contribution in [3.8, 4) is 0 Å². The van der Waals surface area contributed by atoms with Gasteiger partial charge >= 0.3 is 0 Å². The lowest BCUT2D eigenvalue weighted by Gasteiger charge is -2.34. The van der Waals surface area contributed by atoms with E-state index in [0.717, 1.165) is 52.5 Å². The summed E-state index contributed by atoms with van der Waals surface area (Å²) >= 11 is 0. The van der Waals surface area contributed by atoms with Crippen molar-refractivity contribution in [2.45, 2.75) is 27.7 Å². The molecule has 0 amide bonds. The Morgan fingerprint density at radius 3 is 1.17 bits per heavy atom. The zero-order valence-electron chi connectivity index (χ0n) is 13.4. The fourth-order valence-corrected chi connectivity index (χ4v) is 1.68. The molecule has 0 saturated carbocycles. The van der Waals surface area contributed by atoms with E-state index in [-0.39, 0.29) is 0 Å². The molecule has 1 aliphatic rings. The Labute approximate surface area is 114 Å². The molecule has 18 heavy (non-hydrogen) atoms. The van der Waals surface area contributed by atoms with Crippen LogP contribution in [0.25, 0.3) is 0 Å². The van der Waals surface area contributed by atoms with Crippen molar-refractivity contribution < 1.29 is 9.47 Å². The van der Waals surface area contributed by atoms with Crippen molar-refractivity contribution in [1.82, 2.24) is 9.80 Å². The van der Waals surface area contributed by atoms with E-state index in [9.17, 15) is 0 Å². The zero-order chi connectivity index (χ0) is 14.2. The Bertz CT molecular complexity index is 122. The maximum absolute atomic E-state index is 5.06. The average Bonchev–Trinajstić information content (AvgIpc) is 2.48. The van der Waals surface area contributed by atoms with Crippen LogP contribution in [-0.2, 0) is 9.47 Å². The van der Waals surface area contributed by atoms with Crippen LogP contribution in [-0.4, -0.2) is 76.5 Å². The average molecular weight is 262 g/mol. The van der Waals surface area contributed by atoms with Crippen molar-refractivity contribution in [2.75, 3.05) is 66.7 Å². The molecule has 0 aromatic rings. The molecule has 0 atom stereocenters. The van der Waals surface area contributed by atoms with Gasteiger partial charge in [0.1, 0.15) is 0 Å². The summed E-state index contributed by atoms with van der Waals surface area (Å²) in [6.45, 7) is 16.5. The second-order valence-corrected chi connectivity index (χ2v) is 3.67. The van der Waals surface area contributed by atoms with E-state index < -0.39 is 0 Å². The van der Waals surface area contributed by atoms with Crippen LogP contribution in [0.15, 0.2) is 0 Å². The minimum absolute atomic E-state index is 0.845. The van der Waals surface area contributed by atoms with Crippen LogP contribution in [0.1, 0.15) is 27.7 Å². The van der Waals surface area contributed by atoms with Crippen molar-refractivity contribution in [3.63, 3.8) is 0 Å². The first-order chi connectivity index (χ1) is 8.86. The van der Waals surface area contributed by atoms with Gasteiger partial charge in [0.15, 0.2) is 0 Å². The lowest BCUT2D eigenvalue weighted by molar-refractivity contribution is 0.0789. The van der Waals surface area contributed by atoms with Gasteiger partial charge in [-0.05, 0) is 0 Å². The van der Waals surface area contributed by atoms with E-state index in [2.05, 4.69) is 9.80 Å². The van der Waals surface area contributed by atoms with E-state index in [1.54, 1.807) is 14.2 Å². The molecule has 0 radical (unpaired) electrons. The van der Waals surface area contributed by atoms with Gasteiger partial charge in [0.2, 0.25) is 0 Å². The monoisotopic (exact) mass is 262 g/mol. The largest absolute Gasteiger partial charge is 0.383 e. The molecule has 1 saturated heterocycles. The maximum atomic E-state index is 5.06. The van der Waals surface area contributed by atoms with Crippen molar-refractivity contribution >= 4 is 0 Å². The van der Waals surface area contributed by atoms with E-state index in [4.69, 9.17) is 9.47 Å². The van der Waals surface area contributed by atoms with Crippen molar-refractivity contribution in [2.24, 2.45) is 0 Å².